The van der Waals surface area contributed by atoms with Crippen molar-refractivity contribution in [3.05, 3.63) is 64.4 Å². The molecule has 0 bridgehead atoms. The quantitative estimate of drug-likeness (QED) is 0.742. The van der Waals surface area contributed by atoms with E-state index in [4.69, 9.17) is 4.74 Å². The summed E-state index contributed by atoms with van der Waals surface area (Å²) in [6, 6.07) is 12.6. The predicted octanol–water partition coefficient (Wildman–Crippen LogP) is 2.94. The second kappa shape index (κ2) is 7.43. The molecule has 1 aliphatic heterocycles. The van der Waals surface area contributed by atoms with Gasteiger partial charge in [-0.05, 0) is 42.0 Å². The van der Waals surface area contributed by atoms with Crippen molar-refractivity contribution >= 4 is 33.6 Å². The first-order valence-corrected chi connectivity index (χ1v) is 8.68. The number of hydrogen-bond acceptors (Lipinski definition) is 4. The molecule has 1 heterocycles. The molecule has 136 valence electrons. The number of carbonyl (C=O) groups is 2. The van der Waals surface area contributed by atoms with E-state index in [2.05, 4.69) is 21.2 Å². The second-order valence-electron chi connectivity index (χ2n) is 5.84. The van der Waals surface area contributed by atoms with Crippen molar-refractivity contribution in [2.24, 2.45) is 0 Å². The molecule has 1 saturated heterocycles. The molecule has 0 saturated carbocycles. The van der Waals surface area contributed by atoms with E-state index in [0.29, 0.717) is 5.69 Å². The van der Waals surface area contributed by atoms with Crippen LogP contribution in [0.3, 0.4) is 0 Å². The first kappa shape index (κ1) is 18.3. The Morgan fingerprint density at radius 2 is 2.04 bits per heavy atom. The van der Waals surface area contributed by atoms with Gasteiger partial charge in [0.15, 0.2) is 0 Å². The Morgan fingerprint density at radius 3 is 2.73 bits per heavy atom. The van der Waals surface area contributed by atoms with Crippen LogP contribution in [-0.2, 0) is 16.1 Å². The molecule has 2 amide bonds. The lowest BCUT2D eigenvalue weighted by atomic mass is 10.2. The number of nitrogens with one attached hydrogen (secondary N) is 1. The number of alkyl carbamates (subject to hydrolysis) is 1. The third-order valence-electron chi connectivity index (χ3n) is 3.98. The van der Waals surface area contributed by atoms with Crippen LogP contribution in [0.25, 0.3) is 0 Å². The largest absolute Gasteiger partial charge is 0.410 e. The Kier molecular flexibility index (Phi) is 5.24. The summed E-state index contributed by atoms with van der Waals surface area (Å²) in [6.07, 6.45) is -0.977. The lowest BCUT2D eigenvalue weighted by molar-refractivity contribution is -0.175. The van der Waals surface area contributed by atoms with E-state index in [9.17, 15) is 19.1 Å². The van der Waals surface area contributed by atoms with Crippen LogP contribution in [-0.4, -0.2) is 29.4 Å². The maximum Gasteiger partial charge on any atom is 0.410 e. The second-order valence-corrected chi connectivity index (χ2v) is 6.76. The van der Waals surface area contributed by atoms with Gasteiger partial charge in [-0.2, -0.15) is 0 Å². The molecule has 8 heteroatoms. The highest BCUT2D eigenvalue weighted by Crippen LogP contribution is 2.29. The normalized spacial score (nSPS) is 19.5. The van der Waals surface area contributed by atoms with Crippen LogP contribution in [0.4, 0.5) is 14.9 Å². The van der Waals surface area contributed by atoms with E-state index in [1.165, 1.54) is 29.2 Å². The van der Waals surface area contributed by atoms with Crippen LogP contribution in [0.5, 0.6) is 0 Å². The van der Waals surface area contributed by atoms with Crippen LogP contribution < -0.4 is 10.2 Å². The molecule has 3 rings (SSSR count). The maximum atomic E-state index is 13.0. The summed E-state index contributed by atoms with van der Waals surface area (Å²) in [7, 11) is 0. The van der Waals surface area contributed by atoms with Gasteiger partial charge in [0.1, 0.15) is 5.82 Å². The number of aliphatic hydroxyl groups is 1. The van der Waals surface area contributed by atoms with Gasteiger partial charge < -0.3 is 20.1 Å². The van der Waals surface area contributed by atoms with Crippen LogP contribution in [0, 0.1) is 5.82 Å². The minimum absolute atomic E-state index is 0.0759. The zero-order valence-corrected chi connectivity index (χ0v) is 15.2. The average Bonchev–Trinajstić information content (AvgIpc) is 2.89. The van der Waals surface area contributed by atoms with E-state index in [1.807, 2.05) is 24.3 Å². The molecule has 0 aromatic heterocycles. The van der Waals surface area contributed by atoms with Crippen LogP contribution in [0.15, 0.2) is 53.0 Å². The Hall–Kier alpha value is -2.45. The molecule has 0 aliphatic carbocycles. The van der Waals surface area contributed by atoms with Gasteiger partial charge in [-0.25, -0.2) is 9.18 Å². The lowest BCUT2D eigenvalue weighted by Gasteiger charge is -2.22. The average molecular weight is 423 g/mol. The van der Waals surface area contributed by atoms with Gasteiger partial charge >= 0.3 is 6.09 Å². The number of anilines is 1. The number of halogens is 2. The van der Waals surface area contributed by atoms with Crippen molar-refractivity contribution < 1.29 is 23.8 Å². The fourth-order valence-corrected chi connectivity index (χ4v) is 3.10. The van der Waals surface area contributed by atoms with Gasteiger partial charge in [0, 0.05) is 29.7 Å². The highest BCUT2D eigenvalue weighted by Gasteiger charge is 2.49. The summed E-state index contributed by atoms with van der Waals surface area (Å²) in [5, 5.41) is 12.9. The SMILES string of the molecule is O=C(NCc1cccc(Br)c1)O[C@@]1(O)CCN(c2ccc(F)cc2)C1=O. The first-order valence-electron chi connectivity index (χ1n) is 7.88. The van der Waals surface area contributed by atoms with Crippen LogP contribution in [0.1, 0.15) is 12.0 Å². The van der Waals surface area contributed by atoms with Crippen LogP contribution >= 0.6 is 15.9 Å². The summed E-state index contributed by atoms with van der Waals surface area (Å²) in [5.74, 6) is -3.43. The third-order valence-corrected chi connectivity index (χ3v) is 4.47. The molecule has 26 heavy (non-hydrogen) atoms. The summed E-state index contributed by atoms with van der Waals surface area (Å²) in [6.45, 7) is 0.337. The van der Waals surface area contributed by atoms with Crippen molar-refractivity contribution in [1.82, 2.24) is 5.32 Å². The zero-order valence-electron chi connectivity index (χ0n) is 13.6. The topological polar surface area (TPSA) is 78.9 Å². The third kappa shape index (κ3) is 4.03. The smallest absolute Gasteiger partial charge is 0.407 e. The molecule has 6 nitrogen and oxygen atoms in total. The molecule has 1 atom stereocenters. The minimum Gasteiger partial charge on any atom is -0.407 e. The predicted molar refractivity (Wildman–Crippen MR) is 95.8 cm³/mol. The number of rotatable bonds is 4. The van der Waals surface area contributed by atoms with E-state index >= 15 is 0 Å². The van der Waals surface area contributed by atoms with Crippen molar-refractivity contribution in [3.63, 3.8) is 0 Å². The number of benzene rings is 2. The molecule has 2 aromatic rings. The number of carbonyl (C=O) groups excluding carboxylic acids is 2. The molecule has 0 radical (unpaired) electrons. The van der Waals surface area contributed by atoms with Gasteiger partial charge in [0.25, 0.3) is 11.7 Å². The fourth-order valence-electron chi connectivity index (χ4n) is 2.66. The number of amides is 2. The minimum atomic E-state index is -2.24. The molecular weight excluding hydrogens is 407 g/mol. The van der Waals surface area contributed by atoms with Gasteiger partial charge in [-0.15, -0.1) is 0 Å². The number of ether oxygens (including phenoxy) is 1. The summed E-state index contributed by atoms with van der Waals surface area (Å²) in [4.78, 5) is 25.7. The molecule has 1 aliphatic rings. The molecule has 2 N–H and O–H groups in total. The van der Waals surface area contributed by atoms with Crippen LogP contribution in [0.2, 0.25) is 0 Å². The summed E-state index contributed by atoms with van der Waals surface area (Å²) in [5.41, 5.74) is 1.25. The maximum absolute atomic E-state index is 13.0. The summed E-state index contributed by atoms with van der Waals surface area (Å²) >= 11 is 3.33. The molecule has 0 spiro atoms. The highest BCUT2D eigenvalue weighted by atomic mass is 79.9. The first-order chi connectivity index (χ1) is 12.4. The van der Waals surface area contributed by atoms with E-state index in [1.54, 1.807) is 0 Å². The molecule has 2 aromatic carbocycles. The van der Waals surface area contributed by atoms with E-state index in [-0.39, 0.29) is 19.5 Å². The molecule has 0 unspecified atom stereocenters. The van der Waals surface area contributed by atoms with Crippen molar-refractivity contribution in [2.75, 3.05) is 11.4 Å². The Morgan fingerprint density at radius 1 is 1.31 bits per heavy atom. The van der Waals surface area contributed by atoms with Gasteiger partial charge in [0.05, 0.1) is 0 Å². The number of hydrogen-bond donors (Lipinski definition) is 2. The fraction of sp³-hybridized carbons (Fsp3) is 0.222. The van der Waals surface area contributed by atoms with Gasteiger partial charge in [-0.1, -0.05) is 28.1 Å². The van der Waals surface area contributed by atoms with Crippen molar-refractivity contribution in [3.8, 4) is 0 Å². The van der Waals surface area contributed by atoms with Gasteiger partial charge in [0.2, 0.25) is 0 Å². The van der Waals surface area contributed by atoms with E-state index in [0.717, 1.165) is 10.0 Å². The number of nitrogens with zero attached hydrogens (tertiary/aromatic N) is 1. The monoisotopic (exact) mass is 422 g/mol. The van der Waals surface area contributed by atoms with Gasteiger partial charge in [-0.3, -0.25) is 4.79 Å². The zero-order chi connectivity index (χ0) is 18.7. The highest BCUT2D eigenvalue weighted by molar-refractivity contribution is 9.10. The lowest BCUT2D eigenvalue weighted by Crippen LogP contribution is -2.46. The Balaban J connectivity index is 1.60. The van der Waals surface area contributed by atoms with E-state index < -0.39 is 23.6 Å². The Bertz CT molecular complexity index is 830. The van der Waals surface area contributed by atoms with Crippen molar-refractivity contribution in [1.29, 1.82) is 0 Å². The molecular formula is C18H16BrFN2O4. The summed E-state index contributed by atoms with van der Waals surface area (Å²) < 4.78 is 18.8. The standard InChI is InChI=1S/C18H16BrFN2O4/c19-13-3-1-2-12(10-13)11-21-17(24)26-18(25)8-9-22(16(18)23)15-6-4-14(20)5-7-15/h1-7,10,25H,8-9,11H2,(H,21,24)/t18-/m0/s1. The molecule has 1 fully saturated rings. The Labute approximate surface area is 157 Å². The van der Waals surface area contributed by atoms with Crippen molar-refractivity contribution in [2.45, 2.75) is 18.8 Å².